The minimum Gasteiger partial charge on any atom is -0.327 e. The van der Waals surface area contributed by atoms with Crippen LogP contribution < -0.4 is 5.56 Å². The summed E-state index contributed by atoms with van der Waals surface area (Å²) in [4.78, 5) is 14.1. The summed E-state index contributed by atoms with van der Waals surface area (Å²) >= 11 is 0. The molecule has 0 aliphatic heterocycles. The molecule has 2 aromatic rings. The molecule has 0 amide bonds. The van der Waals surface area contributed by atoms with E-state index in [0.29, 0.717) is 5.39 Å². The van der Waals surface area contributed by atoms with Gasteiger partial charge in [0, 0.05) is 22.5 Å². The first-order valence-corrected chi connectivity index (χ1v) is 4.36. The van der Waals surface area contributed by atoms with Gasteiger partial charge in [0.1, 0.15) is 0 Å². The Hall–Kier alpha value is -2.01. The Labute approximate surface area is 81.6 Å². The van der Waals surface area contributed by atoms with E-state index in [4.69, 9.17) is 0 Å². The number of benzene rings is 1. The van der Waals surface area contributed by atoms with E-state index >= 15 is 0 Å². The number of aromatic amines is 1. The number of aromatic nitrogens is 1. The minimum atomic E-state index is -0.0674. The highest BCUT2D eigenvalue weighted by molar-refractivity contribution is 5.86. The van der Waals surface area contributed by atoms with Crippen LogP contribution in [-0.4, -0.2) is 4.98 Å². The average Bonchev–Trinajstić information content (AvgIpc) is 2.23. The molecule has 2 rings (SSSR count). The number of rotatable bonds is 0. The van der Waals surface area contributed by atoms with Gasteiger partial charge in [-0.15, -0.1) is 5.92 Å². The Morgan fingerprint density at radius 1 is 1.21 bits per heavy atom. The van der Waals surface area contributed by atoms with E-state index in [1.165, 1.54) is 0 Å². The van der Waals surface area contributed by atoms with E-state index in [9.17, 15) is 4.79 Å². The van der Waals surface area contributed by atoms with Gasteiger partial charge in [-0.25, -0.2) is 0 Å². The number of hydrogen-bond acceptors (Lipinski definition) is 1. The maximum Gasteiger partial charge on any atom is 0.255 e. The number of pyridine rings is 1. The molecule has 0 saturated carbocycles. The molecule has 1 aromatic heterocycles. The second-order valence-corrected chi connectivity index (χ2v) is 2.95. The number of nitrogens with one attached hydrogen (secondary N) is 1. The third-order valence-corrected chi connectivity index (χ3v) is 2.07. The van der Waals surface area contributed by atoms with Gasteiger partial charge in [-0.05, 0) is 13.0 Å². The zero-order valence-corrected chi connectivity index (χ0v) is 7.79. The van der Waals surface area contributed by atoms with Crippen molar-refractivity contribution in [2.75, 3.05) is 0 Å². The Morgan fingerprint density at radius 3 is 2.64 bits per heavy atom. The summed E-state index contributed by atoms with van der Waals surface area (Å²) < 4.78 is 0. The molecule has 0 bridgehead atoms. The monoisotopic (exact) mass is 183 g/mol. The topological polar surface area (TPSA) is 32.9 Å². The van der Waals surface area contributed by atoms with E-state index in [1.54, 1.807) is 19.2 Å². The second-order valence-electron chi connectivity index (χ2n) is 2.95. The first-order chi connectivity index (χ1) is 6.83. The first kappa shape index (κ1) is 8.58. The third kappa shape index (κ3) is 1.29. The molecule has 0 unspecified atom stereocenters. The predicted octanol–water partition coefficient (Wildman–Crippen LogP) is 1.90. The van der Waals surface area contributed by atoms with Crippen LogP contribution in [-0.2, 0) is 0 Å². The van der Waals surface area contributed by atoms with Crippen LogP contribution in [0.4, 0.5) is 0 Å². The van der Waals surface area contributed by atoms with Crippen molar-refractivity contribution in [3.63, 3.8) is 0 Å². The second kappa shape index (κ2) is 3.39. The van der Waals surface area contributed by atoms with Gasteiger partial charge < -0.3 is 4.98 Å². The van der Waals surface area contributed by atoms with Crippen LogP contribution in [0.5, 0.6) is 0 Å². The summed E-state index contributed by atoms with van der Waals surface area (Å²) in [6.45, 7) is 1.78. The number of H-pyrrole nitrogens is 1. The van der Waals surface area contributed by atoms with E-state index in [2.05, 4.69) is 16.8 Å². The van der Waals surface area contributed by atoms with Crippen molar-refractivity contribution in [2.24, 2.45) is 0 Å². The fourth-order valence-electron chi connectivity index (χ4n) is 1.45. The molecule has 0 atom stereocenters. The molecular weight excluding hydrogens is 174 g/mol. The summed E-state index contributed by atoms with van der Waals surface area (Å²) in [7, 11) is 0. The summed E-state index contributed by atoms with van der Waals surface area (Å²) in [6.07, 6.45) is 1.65. The summed E-state index contributed by atoms with van der Waals surface area (Å²) in [5.74, 6) is 5.78. The first-order valence-electron chi connectivity index (χ1n) is 4.36. The molecule has 68 valence electrons. The van der Waals surface area contributed by atoms with Gasteiger partial charge in [-0.3, -0.25) is 4.79 Å². The highest BCUT2D eigenvalue weighted by Gasteiger charge is 2.00. The largest absolute Gasteiger partial charge is 0.327 e. The van der Waals surface area contributed by atoms with Crippen molar-refractivity contribution >= 4 is 10.8 Å². The lowest BCUT2D eigenvalue weighted by Crippen LogP contribution is -2.05. The third-order valence-electron chi connectivity index (χ3n) is 2.07. The quantitative estimate of drug-likeness (QED) is 0.622. The van der Waals surface area contributed by atoms with Gasteiger partial charge in [0.15, 0.2) is 0 Å². The van der Waals surface area contributed by atoms with E-state index in [0.717, 1.165) is 10.9 Å². The van der Waals surface area contributed by atoms with Crippen LogP contribution in [0.1, 0.15) is 12.5 Å². The molecule has 0 saturated heterocycles. The summed E-state index contributed by atoms with van der Waals surface area (Å²) in [5.41, 5.74) is 0.796. The zero-order valence-electron chi connectivity index (χ0n) is 7.79. The molecule has 0 aliphatic carbocycles. The van der Waals surface area contributed by atoms with Crippen LogP contribution in [0.15, 0.2) is 35.3 Å². The highest BCUT2D eigenvalue weighted by atomic mass is 16.1. The van der Waals surface area contributed by atoms with Crippen LogP contribution in [0.25, 0.3) is 10.8 Å². The SMILES string of the molecule is CC#Cc1c[nH]c(=O)c2ccccc12. The van der Waals surface area contributed by atoms with Crippen LogP contribution in [0, 0.1) is 11.8 Å². The van der Waals surface area contributed by atoms with Gasteiger partial charge in [0.05, 0.1) is 0 Å². The Kier molecular flexibility index (Phi) is 2.08. The van der Waals surface area contributed by atoms with Gasteiger partial charge >= 0.3 is 0 Å². The standard InChI is InChI=1S/C12H9NO/c1-2-5-9-8-13-12(14)11-7-4-3-6-10(9)11/h3-4,6-8H,1H3,(H,13,14). The normalized spacial score (nSPS) is 9.50. The lowest BCUT2D eigenvalue weighted by Gasteiger charge is -1.98. The lowest BCUT2D eigenvalue weighted by atomic mass is 10.1. The van der Waals surface area contributed by atoms with Gasteiger partial charge in [0.2, 0.25) is 0 Å². The molecule has 1 heterocycles. The van der Waals surface area contributed by atoms with Crippen LogP contribution >= 0.6 is 0 Å². The molecule has 2 heteroatoms. The van der Waals surface area contributed by atoms with Crippen molar-refractivity contribution in [2.45, 2.75) is 6.92 Å². The van der Waals surface area contributed by atoms with E-state index < -0.39 is 0 Å². The fourth-order valence-corrected chi connectivity index (χ4v) is 1.45. The summed E-state index contributed by atoms with van der Waals surface area (Å²) in [6, 6.07) is 7.46. The number of hydrogen-bond donors (Lipinski definition) is 1. The highest BCUT2D eigenvalue weighted by Crippen LogP contribution is 2.12. The molecule has 14 heavy (non-hydrogen) atoms. The molecule has 0 fully saturated rings. The van der Waals surface area contributed by atoms with Crippen molar-refractivity contribution in [3.05, 3.63) is 46.4 Å². The van der Waals surface area contributed by atoms with E-state index in [-0.39, 0.29) is 5.56 Å². The molecule has 1 N–H and O–H groups in total. The van der Waals surface area contributed by atoms with Crippen molar-refractivity contribution in [1.82, 2.24) is 4.98 Å². The average molecular weight is 183 g/mol. The maximum atomic E-state index is 11.4. The molecule has 2 nitrogen and oxygen atoms in total. The fraction of sp³-hybridized carbons (Fsp3) is 0.0833. The van der Waals surface area contributed by atoms with Crippen molar-refractivity contribution < 1.29 is 0 Å². The molecule has 0 radical (unpaired) electrons. The van der Waals surface area contributed by atoms with E-state index in [1.807, 2.05) is 18.2 Å². The summed E-state index contributed by atoms with van der Waals surface area (Å²) in [5, 5.41) is 1.60. The Balaban J connectivity index is 2.93. The van der Waals surface area contributed by atoms with Gasteiger partial charge in [-0.1, -0.05) is 24.1 Å². The van der Waals surface area contributed by atoms with Crippen LogP contribution in [0.3, 0.4) is 0 Å². The number of fused-ring (bicyclic) bond motifs is 1. The minimum absolute atomic E-state index is 0.0674. The smallest absolute Gasteiger partial charge is 0.255 e. The van der Waals surface area contributed by atoms with Crippen molar-refractivity contribution in [1.29, 1.82) is 0 Å². The Bertz CT molecular complexity index is 584. The van der Waals surface area contributed by atoms with Crippen LogP contribution in [0.2, 0.25) is 0 Å². The van der Waals surface area contributed by atoms with Gasteiger partial charge in [-0.2, -0.15) is 0 Å². The molecular formula is C12H9NO. The molecule has 1 aromatic carbocycles. The zero-order chi connectivity index (χ0) is 9.97. The lowest BCUT2D eigenvalue weighted by molar-refractivity contribution is 1.27. The van der Waals surface area contributed by atoms with Gasteiger partial charge in [0.25, 0.3) is 5.56 Å². The maximum absolute atomic E-state index is 11.4. The molecule has 0 spiro atoms. The van der Waals surface area contributed by atoms with Crippen molar-refractivity contribution in [3.8, 4) is 11.8 Å². The molecule has 0 aliphatic rings. The Morgan fingerprint density at radius 2 is 1.93 bits per heavy atom. The predicted molar refractivity (Wildman–Crippen MR) is 57.1 cm³/mol.